The first kappa shape index (κ1) is 14.8. The third-order valence-corrected chi connectivity index (χ3v) is 4.49. The number of rotatable bonds is 4. The van der Waals surface area contributed by atoms with Crippen LogP contribution in [0.15, 0.2) is 0 Å². The van der Waals surface area contributed by atoms with Gasteiger partial charge in [0.2, 0.25) is 5.91 Å². The van der Waals surface area contributed by atoms with Crippen LogP contribution >= 0.6 is 0 Å². The lowest BCUT2D eigenvalue weighted by Crippen LogP contribution is -2.52. The fourth-order valence-corrected chi connectivity index (χ4v) is 3.45. The third kappa shape index (κ3) is 3.48. The number of likely N-dealkylation sites (tertiary alicyclic amines) is 2. The second-order valence-corrected chi connectivity index (χ2v) is 6.24. The smallest absolute Gasteiger partial charge is 0.239 e. The third-order valence-electron chi connectivity index (χ3n) is 4.49. The molecular weight excluding hydrogens is 240 g/mol. The van der Waals surface area contributed by atoms with Gasteiger partial charge in [-0.3, -0.25) is 9.69 Å². The first-order chi connectivity index (χ1) is 9.13. The predicted octanol–water partition coefficient (Wildman–Crippen LogP) is 1.74. The molecule has 0 saturated carbocycles. The molecule has 2 aliphatic rings. The Morgan fingerprint density at radius 2 is 2.05 bits per heavy atom. The van der Waals surface area contributed by atoms with Crippen molar-refractivity contribution in [2.24, 2.45) is 5.92 Å². The van der Waals surface area contributed by atoms with Gasteiger partial charge >= 0.3 is 0 Å². The van der Waals surface area contributed by atoms with Crippen molar-refractivity contribution < 1.29 is 9.53 Å². The molecule has 1 amide bonds. The van der Waals surface area contributed by atoms with E-state index in [1.54, 1.807) is 7.11 Å². The van der Waals surface area contributed by atoms with E-state index in [4.69, 9.17) is 4.74 Å². The summed E-state index contributed by atoms with van der Waals surface area (Å²) in [6, 6.07) is 0.585. The largest absolute Gasteiger partial charge is 0.384 e. The Bertz CT molecular complexity index is 307. The number of carbonyl (C=O) groups excluding carboxylic acids is 1. The molecule has 4 heteroatoms. The molecule has 0 spiro atoms. The van der Waals surface area contributed by atoms with Gasteiger partial charge in [-0.25, -0.2) is 0 Å². The van der Waals surface area contributed by atoms with Gasteiger partial charge in [0.1, 0.15) is 0 Å². The number of hydrogen-bond acceptors (Lipinski definition) is 3. The molecule has 0 aromatic heterocycles. The highest BCUT2D eigenvalue weighted by atomic mass is 16.5. The zero-order valence-electron chi connectivity index (χ0n) is 12.6. The Morgan fingerprint density at radius 3 is 2.74 bits per heavy atom. The molecule has 0 aromatic rings. The molecule has 0 radical (unpaired) electrons. The maximum absolute atomic E-state index is 12.7. The molecule has 19 heavy (non-hydrogen) atoms. The van der Waals surface area contributed by atoms with Gasteiger partial charge in [0, 0.05) is 32.2 Å². The fraction of sp³-hybridized carbons (Fsp3) is 0.933. The Balaban J connectivity index is 1.94. The maximum Gasteiger partial charge on any atom is 0.239 e. The minimum atomic E-state index is 0.120. The summed E-state index contributed by atoms with van der Waals surface area (Å²) in [5.41, 5.74) is 0. The second kappa shape index (κ2) is 6.71. The number of carbonyl (C=O) groups is 1. The average Bonchev–Trinajstić information content (AvgIpc) is 2.87. The molecule has 2 aliphatic heterocycles. The van der Waals surface area contributed by atoms with Crippen LogP contribution in [-0.2, 0) is 9.53 Å². The van der Waals surface area contributed by atoms with E-state index < -0.39 is 0 Å². The molecule has 2 atom stereocenters. The summed E-state index contributed by atoms with van der Waals surface area (Å²) in [4.78, 5) is 17.2. The van der Waals surface area contributed by atoms with Crippen LogP contribution in [-0.4, -0.2) is 61.1 Å². The van der Waals surface area contributed by atoms with Crippen molar-refractivity contribution in [2.75, 3.05) is 33.4 Å². The molecule has 0 unspecified atom stereocenters. The van der Waals surface area contributed by atoms with E-state index in [0.29, 0.717) is 17.9 Å². The molecule has 2 fully saturated rings. The Morgan fingerprint density at radius 1 is 1.26 bits per heavy atom. The van der Waals surface area contributed by atoms with Crippen LogP contribution in [0.4, 0.5) is 0 Å². The fourth-order valence-electron chi connectivity index (χ4n) is 3.45. The summed E-state index contributed by atoms with van der Waals surface area (Å²) < 4.78 is 5.21. The molecular formula is C15H28N2O2. The van der Waals surface area contributed by atoms with Crippen molar-refractivity contribution in [3.8, 4) is 0 Å². The van der Waals surface area contributed by atoms with E-state index in [1.165, 1.54) is 12.8 Å². The minimum Gasteiger partial charge on any atom is -0.384 e. The van der Waals surface area contributed by atoms with Gasteiger partial charge in [-0.1, -0.05) is 6.42 Å². The van der Waals surface area contributed by atoms with Crippen molar-refractivity contribution in [2.45, 2.75) is 51.6 Å². The number of amides is 1. The molecule has 0 N–H and O–H groups in total. The first-order valence-corrected chi connectivity index (χ1v) is 7.67. The van der Waals surface area contributed by atoms with E-state index in [2.05, 4.69) is 23.6 Å². The molecule has 110 valence electrons. The lowest BCUT2D eigenvalue weighted by Gasteiger charge is -2.39. The van der Waals surface area contributed by atoms with Crippen LogP contribution in [0.2, 0.25) is 0 Å². The summed E-state index contributed by atoms with van der Waals surface area (Å²) in [6.45, 7) is 8.04. The summed E-state index contributed by atoms with van der Waals surface area (Å²) in [7, 11) is 1.74. The molecule has 0 aliphatic carbocycles. The molecule has 2 rings (SSSR count). The summed E-state index contributed by atoms with van der Waals surface area (Å²) >= 11 is 0. The number of piperidine rings is 1. The van der Waals surface area contributed by atoms with Crippen molar-refractivity contribution in [1.29, 1.82) is 0 Å². The standard InChI is InChI=1S/C15H28N2O2/c1-12(2)17-8-5-4-6-14(17)15(18)16-9-7-13(10-16)11-19-3/h12-14H,4-11H2,1-3H3/t13-,14+/m0/s1. The zero-order valence-corrected chi connectivity index (χ0v) is 12.6. The number of methoxy groups -OCH3 is 1. The summed E-state index contributed by atoms with van der Waals surface area (Å²) in [6.07, 6.45) is 4.54. The Kier molecular flexibility index (Phi) is 5.22. The average molecular weight is 268 g/mol. The van der Waals surface area contributed by atoms with Crippen LogP contribution in [0.25, 0.3) is 0 Å². The SMILES string of the molecule is COC[C@H]1CCN(C(=O)[C@H]2CCCCN2C(C)C)C1. The van der Waals surface area contributed by atoms with E-state index in [-0.39, 0.29) is 6.04 Å². The number of nitrogens with zero attached hydrogens (tertiary/aromatic N) is 2. The van der Waals surface area contributed by atoms with Crippen molar-refractivity contribution in [1.82, 2.24) is 9.80 Å². The quantitative estimate of drug-likeness (QED) is 0.778. The lowest BCUT2D eigenvalue weighted by molar-refractivity contribution is -0.138. The van der Waals surface area contributed by atoms with Gasteiger partial charge in [0.15, 0.2) is 0 Å². The highest BCUT2D eigenvalue weighted by Gasteiger charge is 2.35. The van der Waals surface area contributed by atoms with Crippen LogP contribution < -0.4 is 0 Å². The van der Waals surface area contributed by atoms with Gasteiger partial charge in [-0.15, -0.1) is 0 Å². The maximum atomic E-state index is 12.7. The van der Waals surface area contributed by atoms with Crippen LogP contribution in [0.5, 0.6) is 0 Å². The van der Waals surface area contributed by atoms with E-state index in [1.807, 2.05) is 0 Å². The Labute approximate surface area is 117 Å². The van der Waals surface area contributed by atoms with Crippen LogP contribution in [0.1, 0.15) is 39.5 Å². The number of ether oxygens (including phenoxy) is 1. The van der Waals surface area contributed by atoms with E-state index in [9.17, 15) is 4.79 Å². The van der Waals surface area contributed by atoms with Crippen LogP contribution in [0.3, 0.4) is 0 Å². The monoisotopic (exact) mass is 268 g/mol. The zero-order chi connectivity index (χ0) is 13.8. The van der Waals surface area contributed by atoms with Gasteiger partial charge in [0.25, 0.3) is 0 Å². The minimum absolute atomic E-state index is 0.120. The number of hydrogen-bond donors (Lipinski definition) is 0. The summed E-state index contributed by atoms with van der Waals surface area (Å²) in [5, 5.41) is 0. The first-order valence-electron chi connectivity index (χ1n) is 7.67. The highest BCUT2D eigenvalue weighted by molar-refractivity contribution is 5.82. The normalized spacial score (nSPS) is 29.2. The van der Waals surface area contributed by atoms with Gasteiger partial charge in [0.05, 0.1) is 12.6 Å². The molecule has 2 heterocycles. The lowest BCUT2D eigenvalue weighted by atomic mass is 9.99. The van der Waals surface area contributed by atoms with Crippen molar-refractivity contribution in [3.05, 3.63) is 0 Å². The van der Waals surface area contributed by atoms with Crippen LogP contribution in [0, 0.1) is 5.92 Å². The van der Waals surface area contributed by atoms with Gasteiger partial charge < -0.3 is 9.64 Å². The summed E-state index contributed by atoms with van der Waals surface area (Å²) in [5.74, 6) is 0.886. The molecule has 2 saturated heterocycles. The van der Waals surface area contributed by atoms with Crippen molar-refractivity contribution >= 4 is 5.91 Å². The Hall–Kier alpha value is -0.610. The highest BCUT2D eigenvalue weighted by Crippen LogP contribution is 2.24. The second-order valence-electron chi connectivity index (χ2n) is 6.24. The van der Waals surface area contributed by atoms with E-state index >= 15 is 0 Å². The van der Waals surface area contributed by atoms with Gasteiger partial charge in [-0.2, -0.15) is 0 Å². The molecule has 4 nitrogen and oxygen atoms in total. The molecule has 0 bridgehead atoms. The molecule has 0 aromatic carbocycles. The topological polar surface area (TPSA) is 32.8 Å². The predicted molar refractivity (Wildman–Crippen MR) is 76.0 cm³/mol. The van der Waals surface area contributed by atoms with Crippen molar-refractivity contribution in [3.63, 3.8) is 0 Å². The van der Waals surface area contributed by atoms with Gasteiger partial charge in [-0.05, 0) is 39.7 Å². The van der Waals surface area contributed by atoms with E-state index in [0.717, 1.165) is 39.1 Å².